The summed E-state index contributed by atoms with van der Waals surface area (Å²) in [6.45, 7) is 5.55. The molecule has 0 aromatic heterocycles. The zero-order valence-corrected chi connectivity index (χ0v) is 10.6. The van der Waals surface area contributed by atoms with Crippen molar-refractivity contribution in [2.24, 2.45) is 0 Å². The van der Waals surface area contributed by atoms with E-state index in [9.17, 15) is 5.11 Å². The van der Waals surface area contributed by atoms with Gasteiger partial charge < -0.3 is 5.11 Å². The Balaban J connectivity index is 0.000000184. The summed E-state index contributed by atoms with van der Waals surface area (Å²) in [4.78, 5) is 0. The Labute approximate surface area is 109 Å². The summed E-state index contributed by atoms with van der Waals surface area (Å²) in [5.41, 5.74) is 2.04. The first-order chi connectivity index (χ1) is 8.77. The molecule has 0 heterocycles. The van der Waals surface area contributed by atoms with E-state index in [1.165, 1.54) is 5.56 Å². The molecule has 18 heavy (non-hydrogen) atoms. The minimum absolute atomic E-state index is 0.334. The van der Waals surface area contributed by atoms with Gasteiger partial charge in [0.25, 0.3) is 0 Å². The van der Waals surface area contributed by atoms with Crippen molar-refractivity contribution in [2.75, 3.05) is 0 Å². The molecular formula is C17H18O. The lowest BCUT2D eigenvalue weighted by molar-refractivity contribution is 0.474. The minimum atomic E-state index is 0.334. The normalized spacial score (nSPS) is 9.61. The molecule has 0 fully saturated rings. The second-order valence-electron chi connectivity index (χ2n) is 3.67. The van der Waals surface area contributed by atoms with Gasteiger partial charge in [0.15, 0.2) is 0 Å². The second-order valence-corrected chi connectivity index (χ2v) is 3.67. The van der Waals surface area contributed by atoms with E-state index in [0.29, 0.717) is 5.75 Å². The molecule has 92 valence electrons. The minimum Gasteiger partial charge on any atom is -0.507 e. The Morgan fingerprint density at radius 1 is 0.944 bits per heavy atom. The summed E-state index contributed by atoms with van der Waals surface area (Å²) in [5.74, 6) is 0.334. The highest BCUT2D eigenvalue weighted by atomic mass is 16.3. The molecule has 0 spiro atoms. The third-order valence-electron chi connectivity index (χ3n) is 2.32. The molecule has 0 bridgehead atoms. The Kier molecular flexibility index (Phi) is 6.05. The molecule has 0 unspecified atom stereocenters. The van der Waals surface area contributed by atoms with Gasteiger partial charge in [0.2, 0.25) is 0 Å². The number of phenolic OH excluding ortho intramolecular Hbond substituents is 1. The van der Waals surface area contributed by atoms with Crippen molar-refractivity contribution in [1.82, 2.24) is 0 Å². The Morgan fingerprint density at radius 3 is 2.06 bits per heavy atom. The van der Waals surface area contributed by atoms with Gasteiger partial charge in [-0.2, -0.15) is 0 Å². The maximum atomic E-state index is 9.19. The van der Waals surface area contributed by atoms with Crippen LogP contribution in [-0.4, -0.2) is 5.11 Å². The lowest BCUT2D eigenvalue weighted by atomic mass is 10.2. The van der Waals surface area contributed by atoms with Crippen LogP contribution in [-0.2, 0) is 0 Å². The van der Waals surface area contributed by atoms with Crippen LogP contribution >= 0.6 is 0 Å². The van der Waals surface area contributed by atoms with Crippen molar-refractivity contribution in [3.8, 4) is 5.75 Å². The van der Waals surface area contributed by atoms with Gasteiger partial charge in [-0.25, -0.2) is 0 Å². The number of aromatic hydroxyl groups is 1. The van der Waals surface area contributed by atoms with E-state index in [1.54, 1.807) is 6.07 Å². The number of benzene rings is 2. The topological polar surface area (TPSA) is 20.2 Å². The third kappa shape index (κ3) is 4.71. The largest absolute Gasteiger partial charge is 0.507 e. The predicted molar refractivity (Wildman–Crippen MR) is 79.3 cm³/mol. The first-order valence-corrected chi connectivity index (χ1v) is 5.86. The zero-order chi connectivity index (χ0) is 13.2. The second kappa shape index (κ2) is 7.91. The average molecular weight is 238 g/mol. The number of para-hydroxylation sites is 1. The molecule has 0 saturated heterocycles. The summed E-state index contributed by atoms with van der Waals surface area (Å²) in [7, 11) is 0. The van der Waals surface area contributed by atoms with Crippen molar-refractivity contribution in [1.29, 1.82) is 0 Å². The number of phenols is 1. The fourth-order valence-corrected chi connectivity index (χ4v) is 1.40. The van der Waals surface area contributed by atoms with E-state index >= 15 is 0 Å². The maximum absolute atomic E-state index is 9.19. The Bertz CT molecular complexity index is 498. The molecule has 0 aliphatic heterocycles. The van der Waals surface area contributed by atoms with Crippen LogP contribution < -0.4 is 0 Å². The highest BCUT2D eigenvalue weighted by Crippen LogP contribution is 2.16. The Hall–Kier alpha value is -2.28. The van der Waals surface area contributed by atoms with E-state index in [1.807, 2.05) is 73.7 Å². The molecule has 2 aromatic carbocycles. The maximum Gasteiger partial charge on any atom is 0.122 e. The van der Waals surface area contributed by atoms with Crippen molar-refractivity contribution in [2.45, 2.75) is 6.92 Å². The van der Waals surface area contributed by atoms with E-state index in [0.717, 1.165) is 5.56 Å². The van der Waals surface area contributed by atoms with Crippen LogP contribution in [0.5, 0.6) is 5.75 Å². The standard InChI is InChI=1S/C9H10O.C8H8/c1-2-5-8-6-3-4-7-9(8)10;1-2-8-6-4-3-5-7-8/h2-7,10H,1H3;2-7H,1H2. The molecule has 1 nitrogen and oxygen atoms in total. The van der Waals surface area contributed by atoms with Crippen LogP contribution in [0.3, 0.4) is 0 Å². The lowest BCUT2D eigenvalue weighted by Crippen LogP contribution is -1.70. The van der Waals surface area contributed by atoms with E-state index in [2.05, 4.69) is 6.58 Å². The smallest absolute Gasteiger partial charge is 0.122 e. The predicted octanol–water partition coefficient (Wildman–Crippen LogP) is 4.75. The number of allylic oxidation sites excluding steroid dienone is 1. The van der Waals surface area contributed by atoms with Crippen molar-refractivity contribution in [3.05, 3.63) is 78.4 Å². The molecule has 1 N–H and O–H groups in total. The fraction of sp³-hybridized carbons (Fsp3) is 0.0588. The summed E-state index contributed by atoms with van der Waals surface area (Å²) < 4.78 is 0. The third-order valence-corrected chi connectivity index (χ3v) is 2.32. The Morgan fingerprint density at radius 2 is 1.56 bits per heavy atom. The van der Waals surface area contributed by atoms with E-state index in [4.69, 9.17) is 0 Å². The molecule has 0 radical (unpaired) electrons. The SMILES string of the molecule is C=Cc1ccccc1.CC=Cc1ccccc1O. The highest BCUT2D eigenvalue weighted by molar-refractivity contribution is 5.56. The van der Waals surface area contributed by atoms with Gasteiger partial charge in [-0.3, -0.25) is 0 Å². The lowest BCUT2D eigenvalue weighted by Gasteiger charge is -1.94. The first-order valence-electron chi connectivity index (χ1n) is 5.86. The number of hydrogen-bond donors (Lipinski definition) is 1. The van der Waals surface area contributed by atoms with Crippen LogP contribution in [0, 0.1) is 0 Å². The van der Waals surface area contributed by atoms with Crippen LogP contribution in [0.2, 0.25) is 0 Å². The van der Waals surface area contributed by atoms with Crippen LogP contribution in [0.25, 0.3) is 12.2 Å². The van der Waals surface area contributed by atoms with Crippen LogP contribution in [0.4, 0.5) is 0 Å². The van der Waals surface area contributed by atoms with Gasteiger partial charge in [0, 0.05) is 5.56 Å². The van der Waals surface area contributed by atoms with Gasteiger partial charge >= 0.3 is 0 Å². The number of hydrogen-bond acceptors (Lipinski definition) is 1. The van der Waals surface area contributed by atoms with Crippen LogP contribution in [0.15, 0.2) is 67.3 Å². The zero-order valence-electron chi connectivity index (χ0n) is 10.6. The first kappa shape index (κ1) is 13.8. The van der Waals surface area contributed by atoms with E-state index in [-0.39, 0.29) is 0 Å². The highest BCUT2D eigenvalue weighted by Gasteiger charge is 1.90. The fourth-order valence-electron chi connectivity index (χ4n) is 1.40. The molecule has 2 aromatic rings. The monoisotopic (exact) mass is 238 g/mol. The van der Waals surface area contributed by atoms with Gasteiger partial charge in [-0.1, -0.05) is 73.3 Å². The van der Waals surface area contributed by atoms with Crippen LogP contribution in [0.1, 0.15) is 18.1 Å². The van der Waals surface area contributed by atoms with Gasteiger partial charge in [-0.05, 0) is 18.6 Å². The summed E-state index contributed by atoms with van der Waals surface area (Å²) in [6.07, 6.45) is 5.60. The summed E-state index contributed by atoms with van der Waals surface area (Å²) in [5, 5.41) is 9.19. The van der Waals surface area contributed by atoms with Crippen molar-refractivity contribution in [3.63, 3.8) is 0 Å². The molecule has 0 saturated carbocycles. The average Bonchev–Trinajstić information content (AvgIpc) is 2.43. The summed E-state index contributed by atoms with van der Waals surface area (Å²) >= 11 is 0. The molecule has 0 aliphatic rings. The van der Waals surface area contributed by atoms with Gasteiger partial charge in [0.05, 0.1) is 0 Å². The molecule has 0 amide bonds. The molecule has 0 atom stereocenters. The van der Waals surface area contributed by atoms with Gasteiger partial charge in [0.1, 0.15) is 5.75 Å². The molecule has 2 rings (SSSR count). The van der Waals surface area contributed by atoms with Crippen molar-refractivity contribution < 1.29 is 5.11 Å². The summed E-state index contributed by atoms with van der Waals surface area (Å²) in [6, 6.07) is 17.3. The number of rotatable bonds is 2. The quantitative estimate of drug-likeness (QED) is 0.800. The van der Waals surface area contributed by atoms with E-state index < -0.39 is 0 Å². The molecule has 1 heteroatoms. The van der Waals surface area contributed by atoms with Gasteiger partial charge in [-0.15, -0.1) is 0 Å². The molecule has 0 aliphatic carbocycles. The van der Waals surface area contributed by atoms with Crippen molar-refractivity contribution >= 4 is 12.2 Å². The molecular weight excluding hydrogens is 220 g/mol.